The summed E-state index contributed by atoms with van der Waals surface area (Å²) in [7, 11) is 0. The fraction of sp³-hybridized carbons (Fsp3) is 0.750. The smallest absolute Gasteiger partial charge is 0.338 e. The highest BCUT2D eigenvalue weighted by Gasteiger charge is 2.78. The summed E-state index contributed by atoms with van der Waals surface area (Å²) in [6.07, 6.45) is 12.7. The van der Waals surface area contributed by atoms with Gasteiger partial charge in [0.2, 0.25) is 0 Å². The van der Waals surface area contributed by atoms with E-state index in [1.807, 2.05) is 30.3 Å². The minimum absolute atomic E-state index is 0.0201. The summed E-state index contributed by atoms with van der Waals surface area (Å²) in [6.45, 7) is 17.1. The lowest BCUT2D eigenvalue weighted by molar-refractivity contribution is -0.103. The number of ether oxygens (including phenoxy) is 2. The quantitative estimate of drug-likeness (QED) is 0.200. The summed E-state index contributed by atoms with van der Waals surface area (Å²) in [5.74, 6) is 2.72. The molecular weight excluding hydrogens is 480 g/mol. The third-order valence-corrected chi connectivity index (χ3v) is 12.7. The molecule has 3 heteroatoms. The summed E-state index contributed by atoms with van der Waals surface area (Å²) in [5.41, 5.74) is 4.55. The lowest BCUT2D eigenvalue weighted by Gasteiger charge is -2.60. The Hall–Kier alpha value is -1.61. The molecule has 0 bridgehead atoms. The van der Waals surface area contributed by atoms with Crippen LogP contribution in [0, 0.1) is 39.9 Å². The standard InChI is InChI=1S/C36H52O3/c1-23(2)12-11-13-24(3)28-22-31-36(39-31)27-16-17-29-33(4,5)30(38-32(37)25-14-9-8-10-15-25)19-20-34(29,6)26(27)18-21-35(28,36)7/h8-10,14-15,23-24,28-31H,11-13,16-22H2,1-7H3/t24-,28-,29+,30+,31+,34-,35-,36+/m1/s1. The summed E-state index contributed by atoms with van der Waals surface area (Å²) in [4.78, 5) is 13.0. The minimum Gasteiger partial charge on any atom is -0.458 e. The Morgan fingerprint density at radius 1 is 0.974 bits per heavy atom. The first kappa shape index (κ1) is 27.6. The van der Waals surface area contributed by atoms with Crippen molar-refractivity contribution in [3.8, 4) is 0 Å². The Kier molecular flexibility index (Phi) is 6.69. The van der Waals surface area contributed by atoms with Crippen LogP contribution in [0.3, 0.4) is 0 Å². The van der Waals surface area contributed by atoms with Crippen molar-refractivity contribution in [2.45, 2.75) is 130 Å². The predicted molar refractivity (Wildman–Crippen MR) is 157 cm³/mol. The number of carbonyl (C=O) groups excluding carboxylic acids is 1. The molecule has 0 aromatic heterocycles. The molecular formula is C36H52O3. The summed E-state index contributed by atoms with van der Waals surface area (Å²) in [5, 5.41) is 0. The molecule has 3 fully saturated rings. The SMILES string of the molecule is CC(C)CCC[C@@H](C)[C@H]1C[C@@H]2O[C@@]23C2=C(CC[C@]13C)[C@@]1(C)CC[C@H](OC(=O)c3ccccc3)C(C)(C)[C@@H]1CC2. The van der Waals surface area contributed by atoms with Gasteiger partial charge in [-0.05, 0) is 91.7 Å². The number of hydrogen-bond acceptors (Lipinski definition) is 3. The molecule has 0 N–H and O–H groups in total. The van der Waals surface area contributed by atoms with E-state index < -0.39 is 0 Å². The number of benzene rings is 1. The zero-order valence-corrected chi connectivity index (χ0v) is 25.6. The van der Waals surface area contributed by atoms with Crippen molar-refractivity contribution >= 4 is 5.97 Å². The van der Waals surface area contributed by atoms with E-state index in [4.69, 9.17) is 9.47 Å². The Morgan fingerprint density at radius 3 is 2.44 bits per heavy atom. The topological polar surface area (TPSA) is 38.8 Å². The van der Waals surface area contributed by atoms with Crippen molar-refractivity contribution in [3.05, 3.63) is 47.0 Å². The van der Waals surface area contributed by atoms with Crippen LogP contribution in [0.5, 0.6) is 0 Å². The fourth-order valence-corrected chi connectivity index (χ4v) is 10.6. The van der Waals surface area contributed by atoms with Gasteiger partial charge in [0.25, 0.3) is 0 Å². The maximum Gasteiger partial charge on any atom is 0.338 e. The van der Waals surface area contributed by atoms with Gasteiger partial charge in [0.1, 0.15) is 11.7 Å². The number of allylic oxidation sites excluding steroid dienone is 1. The Morgan fingerprint density at radius 2 is 1.72 bits per heavy atom. The zero-order chi connectivity index (χ0) is 27.8. The van der Waals surface area contributed by atoms with Crippen LogP contribution in [-0.2, 0) is 9.47 Å². The van der Waals surface area contributed by atoms with Crippen LogP contribution >= 0.6 is 0 Å². The van der Waals surface area contributed by atoms with Crippen LogP contribution in [0.2, 0.25) is 0 Å². The Balaban J connectivity index is 1.23. The second kappa shape index (κ2) is 9.47. The Bertz CT molecular complexity index is 1130. The highest BCUT2D eigenvalue weighted by Crippen LogP contribution is 2.76. The molecule has 39 heavy (non-hydrogen) atoms. The molecule has 1 saturated heterocycles. The van der Waals surface area contributed by atoms with Crippen molar-refractivity contribution in [2.75, 3.05) is 0 Å². The first-order valence-electron chi connectivity index (χ1n) is 16.1. The Labute approximate surface area is 237 Å². The molecule has 1 aliphatic heterocycles. The lowest BCUT2D eigenvalue weighted by Crippen LogP contribution is -2.56. The van der Waals surface area contributed by atoms with Gasteiger partial charge in [0.15, 0.2) is 0 Å². The minimum atomic E-state index is -0.172. The third kappa shape index (κ3) is 4.03. The van der Waals surface area contributed by atoms with Crippen molar-refractivity contribution in [3.63, 3.8) is 0 Å². The highest BCUT2D eigenvalue weighted by atomic mass is 16.6. The average molecular weight is 533 g/mol. The van der Waals surface area contributed by atoms with Gasteiger partial charge < -0.3 is 9.47 Å². The third-order valence-electron chi connectivity index (χ3n) is 12.7. The molecule has 8 atom stereocenters. The van der Waals surface area contributed by atoms with Crippen molar-refractivity contribution in [2.24, 2.45) is 39.9 Å². The predicted octanol–water partition coefficient (Wildman–Crippen LogP) is 9.16. The zero-order valence-electron chi connectivity index (χ0n) is 25.6. The molecule has 1 aromatic carbocycles. The van der Waals surface area contributed by atoms with Gasteiger partial charge in [-0.1, -0.05) is 91.5 Å². The largest absolute Gasteiger partial charge is 0.458 e. The monoisotopic (exact) mass is 532 g/mol. The molecule has 2 saturated carbocycles. The second-order valence-electron chi connectivity index (χ2n) is 15.5. The molecule has 0 amide bonds. The number of hydrogen-bond donors (Lipinski definition) is 0. The van der Waals surface area contributed by atoms with Gasteiger partial charge in [0, 0.05) is 10.8 Å². The highest BCUT2D eigenvalue weighted by molar-refractivity contribution is 5.89. The van der Waals surface area contributed by atoms with Gasteiger partial charge in [-0.3, -0.25) is 0 Å². The molecule has 4 aliphatic carbocycles. The molecule has 5 aliphatic rings. The number of rotatable bonds is 7. The van der Waals surface area contributed by atoms with Gasteiger partial charge >= 0.3 is 5.97 Å². The number of epoxide rings is 1. The normalized spacial score (nSPS) is 40.8. The molecule has 6 rings (SSSR count). The van der Waals surface area contributed by atoms with Crippen LogP contribution in [-0.4, -0.2) is 23.8 Å². The molecule has 3 nitrogen and oxygen atoms in total. The molecule has 1 spiro atoms. The van der Waals surface area contributed by atoms with E-state index in [2.05, 4.69) is 48.5 Å². The second-order valence-corrected chi connectivity index (χ2v) is 15.5. The van der Waals surface area contributed by atoms with E-state index in [0.29, 0.717) is 17.6 Å². The van der Waals surface area contributed by atoms with Crippen LogP contribution in [0.1, 0.15) is 123 Å². The van der Waals surface area contributed by atoms with Crippen LogP contribution < -0.4 is 0 Å². The van der Waals surface area contributed by atoms with Crippen molar-refractivity contribution < 1.29 is 14.3 Å². The van der Waals surface area contributed by atoms with Crippen LogP contribution in [0.4, 0.5) is 0 Å². The van der Waals surface area contributed by atoms with Crippen LogP contribution in [0.25, 0.3) is 0 Å². The first-order valence-corrected chi connectivity index (χ1v) is 16.1. The summed E-state index contributed by atoms with van der Waals surface area (Å²) >= 11 is 0. The van der Waals surface area contributed by atoms with Gasteiger partial charge in [-0.25, -0.2) is 4.79 Å². The first-order chi connectivity index (χ1) is 18.4. The molecule has 214 valence electrons. The number of esters is 1. The van der Waals surface area contributed by atoms with Gasteiger partial charge in [-0.2, -0.15) is 0 Å². The number of fused-ring (bicyclic) bond motifs is 2. The summed E-state index contributed by atoms with van der Waals surface area (Å²) in [6, 6.07) is 9.51. The maximum atomic E-state index is 13.0. The molecule has 1 aromatic rings. The van der Waals surface area contributed by atoms with E-state index in [9.17, 15) is 4.79 Å². The van der Waals surface area contributed by atoms with Crippen LogP contribution in [0.15, 0.2) is 41.5 Å². The molecule has 0 radical (unpaired) electrons. The van der Waals surface area contributed by atoms with Crippen molar-refractivity contribution in [1.29, 1.82) is 0 Å². The van der Waals surface area contributed by atoms with E-state index in [-0.39, 0.29) is 33.9 Å². The fourth-order valence-electron chi connectivity index (χ4n) is 10.6. The van der Waals surface area contributed by atoms with E-state index >= 15 is 0 Å². The molecule has 1 heterocycles. The van der Waals surface area contributed by atoms with E-state index in [1.165, 1.54) is 51.4 Å². The maximum absolute atomic E-state index is 13.0. The van der Waals surface area contributed by atoms with Gasteiger partial charge in [-0.15, -0.1) is 0 Å². The lowest BCUT2D eigenvalue weighted by atomic mass is 9.45. The number of carbonyl (C=O) groups is 1. The average Bonchev–Trinajstić information content (AvgIpc) is 3.55. The van der Waals surface area contributed by atoms with E-state index in [0.717, 1.165) is 30.6 Å². The van der Waals surface area contributed by atoms with E-state index in [1.54, 1.807) is 11.1 Å². The van der Waals surface area contributed by atoms with Crippen molar-refractivity contribution in [1.82, 2.24) is 0 Å². The summed E-state index contributed by atoms with van der Waals surface area (Å²) < 4.78 is 13.1. The molecule has 0 unspecified atom stereocenters. The van der Waals surface area contributed by atoms with Gasteiger partial charge in [0.05, 0.1) is 11.7 Å².